The van der Waals surface area contributed by atoms with Crippen LogP contribution in [0.25, 0.3) is 0 Å². The number of hydrogen-bond acceptors (Lipinski definition) is 3. The number of benzene rings is 2. The minimum atomic E-state index is -0.0945. The molecule has 120 valence electrons. The number of esters is 1. The van der Waals surface area contributed by atoms with Gasteiger partial charge in [-0.25, -0.2) is 0 Å². The zero-order valence-corrected chi connectivity index (χ0v) is 13.6. The van der Waals surface area contributed by atoms with Crippen molar-refractivity contribution in [2.24, 2.45) is 5.92 Å². The number of carbonyl (C=O) groups is 1. The van der Waals surface area contributed by atoms with E-state index in [1.54, 1.807) is 0 Å². The summed E-state index contributed by atoms with van der Waals surface area (Å²) in [5.74, 6) is 0.852. The third-order valence-electron chi connectivity index (χ3n) is 4.49. The molecule has 23 heavy (non-hydrogen) atoms. The van der Waals surface area contributed by atoms with Crippen molar-refractivity contribution in [3.8, 4) is 5.75 Å². The molecule has 0 radical (unpaired) electrons. The van der Waals surface area contributed by atoms with E-state index in [0.717, 1.165) is 17.7 Å². The van der Waals surface area contributed by atoms with E-state index in [1.165, 1.54) is 11.1 Å². The van der Waals surface area contributed by atoms with Gasteiger partial charge in [0.15, 0.2) is 0 Å². The molecule has 2 aromatic carbocycles. The fraction of sp³-hybridized carbons (Fsp3) is 0.350. The summed E-state index contributed by atoms with van der Waals surface area (Å²) in [6.45, 7) is 4.92. The van der Waals surface area contributed by atoms with Crippen LogP contribution in [-0.4, -0.2) is 12.6 Å². The molecule has 0 spiro atoms. The topological polar surface area (TPSA) is 35.5 Å². The van der Waals surface area contributed by atoms with E-state index < -0.39 is 0 Å². The maximum absolute atomic E-state index is 12.1. The van der Waals surface area contributed by atoms with Gasteiger partial charge < -0.3 is 9.47 Å². The van der Waals surface area contributed by atoms with Crippen molar-refractivity contribution in [2.75, 3.05) is 6.61 Å². The molecular formula is C20H22O3. The number of ether oxygens (including phenoxy) is 2. The molecule has 2 aromatic rings. The van der Waals surface area contributed by atoms with Gasteiger partial charge in [0.1, 0.15) is 12.4 Å². The summed E-state index contributed by atoms with van der Waals surface area (Å²) < 4.78 is 11.1. The molecule has 0 fully saturated rings. The van der Waals surface area contributed by atoms with Crippen LogP contribution in [0, 0.1) is 5.92 Å². The summed E-state index contributed by atoms with van der Waals surface area (Å²) in [5.41, 5.74) is 3.57. The molecule has 0 aromatic heterocycles. The van der Waals surface area contributed by atoms with Gasteiger partial charge in [-0.15, -0.1) is 0 Å². The number of hydrogen-bond donors (Lipinski definition) is 0. The Morgan fingerprint density at radius 3 is 2.70 bits per heavy atom. The fourth-order valence-electron chi connectivity index (χ4n) is 3.18. The second-order valence-electron chi connectivity index (χ2n) is 5.99. The molecule has 0 aliphatic heterocycles. The van der Waals surface area contributed by atoms with Crippen LogP contribution in [0.1, 0.15) is 36.5 Å². The first-order chi connectivity index (χ1) is 11.2. The van der Waals surface area contributed by atoms with Crippen LogP contribution in [0.3, 0.4) is 0 Å². The molecule has 0 saturated carbocycles. The van der Waals surface area contributed by atoms with Crippen molar-refractivity contribution in [1.29, 1.82) is 0 Å². The first kappa shape index (κ1) is 15.6. The molecule has 0 heterocycles. The molecule has 3 nitrogen and oxygen atoms in total. The van der Waals surface area contributed by atoms with Crippen molar-refractivity contribution in [3.63, 3.8) is 0 Å². The van der Waals surface area contributed by atoms with E-state index in [-0.39, 0.29) is 17.8 Å². The Hall–Kier alpha value is -2.29. The molecule has 0 amide bonds. The lowest BCUT2D eigenvalue weighted by Gasteiger charge is -2.14. The smallest absolute Gasteiger partial charge is 0.309 e. The lowest BCUT2D eigenvalue weighted by Crippen LogP contribution is -2.20. The summed E-state index contributed by atoms with van der Waals surface area (Å²) in [7, 11) is 0. The fourth-order valence-corrected chi connectivity index (χ4v) is 3.18. The average molecular weight is 310 g/mol. The monoisotopic (exact) mass is 310 g/mol. The van der Waals surface area contributed by atoms with E-state index in [1.807, 2.05) is 43.3 Å². The van der Waals surface area contributed by atoms with Crippen LogP contribution >= 0.6 is 0 Å². The summed E-state index contributed by atoms with van der Waals surface area (Å²) in [4.78, 5) is 12.1. The highest BCUT2D eigenvalue weighted by Crippen LogP contribution is 2.40. The molecule has 2 atom stereocenters. The molecule has 0 saturated heterocycles. The Kier molecular flexibility index (Phi) is 4.65. The van der Waals surface area contributed by atoms with Crippen molar-refractivity contribution >= 4 is 5.97 Å². The van der Waals surface area contributed by atoms with E-state index in [9.17, 15) is 4.79 Å². The Morgan fingerprint density at radius 2 is 1.96 bits per heavy atom. The Bertz CT molecular complexity index is 679. The van der Waals surface area contributed by atoms with Gasteiger partial charge in [0.25, 0.3) is 0 Å². The highest BCUT2D eigenvalue weighted by Gasteiger charge is 2.35. The first-order valence-corrected chi connectivity index (χ1v) is 8.15. The summed E-state index contributed by atoms with van der Waals surface area (Å²) in [6, 6.07) is 16.2. The van der Waals surface area contributed by atoms with Gasteiger partial charge in [-0.05, 0) is 48.1 Å². The summed E-state index contributed by atoms with van der Waals surface area (Å²) >= 11 is 0. The number of carbonyl (C=O) groups excluding carboxylic acids is 1. The summed E-state index contributed by atoms with van der Waals surface area (Å²) in [6.07, 6.45) is 0.758. The zero-order valence-electron chi connectivity index (χ0n) is 13.6. The highest BCUT2D eigenvalue weighted by atomic mass is 16.5. The Balaban J connectivity index is 1.70. The van der Waals surface area contributed by atoms with Gasteiger partial charge in [0.2, 0.25) is 0 Å². The van der Waals surface area contributed by atoms with Crippen molar-refractivity contribution in [2.45, 2.75) is 32.8 Å². The van der Waals surface area contributed by atoms with Crippen molar-refractivity contribution in [1.82, 2.24) is 0 Å². The SMILES string of the molecule is CCOC(=O)C1Cc2ccc(OCc3ccccc3)cc2C1C. The largest absolute Gasteiger partial charge is 0.489 e. The quantitative estimate of drug-likeness (QED) is 0.780. The van der Waals surface area contributed by atoms with Gasteiger partial charge in [-0.1, -0.05) is 43.3 Å². The molecular weight excluding hydrogens is 288 g/mol. The van der Waals surface area contributed by atoms with Gasteiger partial charge in [-0.2, -0.15) is 0 Å². The third kappa shape index (κ3) is 3.39. The van der Waals surface area contributed by atoms with Crippen LogP contribution in [0.4, 0.5) is 0 Å². The first-order valence-electron chi connectivity index (χ1n) is 8.15. The normalized spacial score (nSPS) is 19.2. The Labute approximate surface area is 137 Å². The maximum Gasteiger partial charge on any atom is 0.309 e. The molecule has 3 heteroatoms. The second-order valence-corrected chi connectivity index (χ2v) is 5.99. The van der Waals surface area contributed by atoms with Crippen LogP contribution in [0.2, 0.25) is 0 Å². The van der Waals surface area contributed by atoms with Crippen molar-refractivity contribution < 1.29 is 14.3 Å². The minimum absolute atomic E-state index is 0.0747. The van der Waals surface area contributed by atoms with Crippen LogP contribution in [-0.2, 0) is 22.6 Å². The van der Waals surface area contributed by atoms with Crippen molar-refractivity contribution in [3.05, 3.63) is 65.2 Å². The zero-order chi connectivity index (χ0) is 16.2. The molecule has 0 N–H and O–H groups in total. The molecule has 1 aliphatic rings. The lowest BCUT2D eigenvalue weighted by molar-refractivity contribution is -0.148. The Morgan fingerprint density at radius 1 is 1.17 bits per heavy atom. The van der Waals surface area contributed by atoms with Gasteiger partial charge >= 0.3 is 5.97 Å². The second kappa shape index (κ2) is 6.86. The number of rotatable bonds is 5. The predicted molar refractivity (Wildman–Crippen MR) is 89.5 cm³/mol. The van der Waals surface area contributed by atoms with Gasteiger partial charge in [-0.3, -0.25) is 4.79 Å². The van der Waals surface area contributed by atoms with E-state index in [0.29, 0.717) is 13.2 Å². The molecule has 3 rings (SSSR count). The van der Waals surface area contributed by atoms with Crippen LogP contribution < -0.4 is 4.74 Å². The van der Waals surface area contributed by atoms with Crippen LogP contribution in [0.15, 0.2) is 48.5 Å². The van der Waals surface area contributed by atoms with Gasteiger partial charge in [0.05, 0.1) is 12.5 Å². The van der Waals surface area contributed by atoms with E-state index in [2.05, 4.69) is 19.1 Å². The van der Waals surface area contributed by atoms with Crippen LogP contribution in [0.5, 0.6) is 5.75 Å². The molecule has 2 unspecified atom stereocenters. The molecule has 0 bridgehead atoms. The predicted octanol–water partition coefficient (Wildman–Crippen LogP) is 4.10. The third-order valence-corrected chi connectivity index (χ3v) is 4.49. The standard InChI is InChI=1S/C20H22O3/c1-3-22-20(21)19-11-16-9-10-17(12-18(16)14(19)2)23-13-15-7-5-4-6-8-15/h4-10,12,14,19H,3,11,13H2,1-2H3. The lowest BCUT2D eigenvalue weighted by atomic mass is 9.95. The van der Waals surface area contributed by atoms with E-state index >= 15 is 0 Å². The average Bonchev–Trinajstić information content (AvgIpc) is 2.91. The van der Waals surface area contributed by atoms with E-state index in [4.69, 9.17) is 9.47 Å². The highest BCUT2D eigenvalue weighted by molar-refractivity contribution is 5.75. The maximum atomic E-state index is 12.1. The van der Waals surface area contributed by atoms with Gasteiger partial charge in [0, 0.05) is 0 Å². The number of fused-ring (bicyclic) bond motifs is 1. The molecule has 1 aliphatic carbocycles. The minimum Gasteiger partial charge on any atom is -0.489 e. The summed E-state index contributed by atoms with van der Waals surface area (Å²) in [5, 5.41) is 0.